The average molecular weight is 280 g/mol. The summed E-state index contributed by atoms with van der Waals surface area (Å²) in [4.78, 5) is 11.6. The Kier molecular flexibility index (Phi) is 7.50. The van der Waals surface area contributed by atoms with E-state index in [0.717, 1.165) is 24.8 Å². The summed E-state index contributed by atoms with van der Waals surface area (Å²) in [7, 11) is 1.64. The van der Waals surface area contributed by atoms with Crippen LogP contribution in [0.15, 0.2) is 24.3 Å². The number of carbonyl (C=O) groups is 1. The van der Waals surface area contributed by atoms with E-state index in [0.29, 0.717) is 13.2 Å². The summed E-state index contributed by atoms with van der Waals surface area (Å²) in [5.74, 6) is 0.273. The van der Waals surface area contributed by atoms with Crippen molar-refractivity contribution in [3.63, 3.8) is 0 Å². The second kappa shape index (κ2) is 9.20. The molecule has 0 aliphatic heterocycles. The van der Waals surface area contributed by atoms with Gasteiger partial charge in [0.25, 0.3) is 0 Å². The summed E-state index contributed by atoms with van der Waals surface area (Å²) in [5, 5.41) is 14.9. The van der Waals surface area contributed by atoms with Gasteiger partial charge in [-0.1, -0.05) is 12.1 Å². The second-order valence-electron chi connectivity index (χ2n) is 4.85. The lowest BCUT2D eigenvalue weighted by atomic mass is 10.1. The van der Waals surface area contributed by atoms with Gasteiger partial charge in [-0.05, 0) is 43.9 Å². The highest BCUT2D eigenvalue weighted by Crippen LogP contribution is 2.11. The number of nitrogens with one attached hydrogen (secondary N) is 2. The van der Waals surface area contributed by atoms with Gasteiger partial charge in [0.15, 0.2) is 0 Å². The van der Waals surface area contributed by atoms with E-state index in [1.807, 2.05) is 19.1 Å². The Balaban J connectivity index is 2.17. The number of amides is 2. The summed E-state index contributed by atoms with van der Waals surface area (Å²) in [6.45, 7) is 3.25. The minimum atomic E-state index is -0.140. The van der Waals surface area contributed by atoms with Crippen molar-refractivity contribution in [2.75, 3.05) is 20.3 Å². The van der Waals surface area contributed by atoms with Crippen LogP contribution in [0.3, 0.4) is 0 Å². The van der Waals surface area contributed by atoms with Crippen molar-refractivity contribution in [1.82, 2.24) is 10.6 Å². The molecule has 1 atom stereocenters. The van der Waals surface area contributed by atoms with Crippen LogP contribution in [0.5, 0.6) is 5.75 Å². The number of urea groups is 1. The molecule has 1 aromatic carbocycles. The fourth-order valence-electron chi connectivity index (χ4n) is 1.81. The first kappa shape index (κ1) is 16.3. The highest BCUT2D eigenvalue weighted by Gasteiger charge is 2.06. The molecule has 1 rings (SSSR count). The fourth-order valence-corrected chi connectivity index (χ4v) is 1.81. The van der Waals surface area contributed by atoms with E-state index < -0.39 is 0 Å². The van der Waals surface area contributed by atoms with E-state index in [4.69, 9.17) is 4.74 Å². The lowest BCUT2D eigenvalue weighted by molar-refractivity contribution is 0.193. The number of hydrogen-bond donors (Lipinski definition) is 3. The van der Waals surface area contributed by atoms with Crippen LogP contribution in [0.25, 0.3) is 0 Å². The summed E-state index contributed by atoms with van der Waals surface area (Å²) in [6.07, 6.45) is 2.54. The maximum Gasteiger partial charge on any atom is 0.314 e. The minimum absolute atomic E-state index is 0.103. The van der Waals surface area contributed by atoms with Gasteiger partial charge in [0.05, 0.1) is 0 Å². The third-order valence-electron chi connectivity index (χ3n) is 2.99. The van der Waals surface area contributed by atoms with Gasteiger partial charge in [-0.15, -0.1) is 0 Å². The first-order valence-electron chi connectivity index (χ1n) is 6.93. The zero-order chi connectivity index (χ0) is 14.8. The van der Waals surface area contributed by atoms with Crippen molar-refractivity contribution in [2.45, 2.75) is 32.2 Å². The molecule has 0 aromatic heterocycles. The topological polar surface area (TPSA) is 70.6 Å². The molecule has 0 bridgehead atoms. The van der Waals surface area contributed by atoms with Crippen molar-refractivity contribution in [3.05, 3.63) is 29.8 Å². The molecule has 2 amide bonds. The Morgan fingerprint density at radius 1 is 1.35 bits per heavy atom. The van der Waals surface area contributed by atoms with E-state index in [1.54, 1.807) is 19.2 Å². The fraction of sp³-hybridized carbons (Fsp3) is 0.533. The summed E-state index contributed by atoms with van der Waals surface area (Å²) in [5.41, 5.74) is 1.15. The third kappa shape index (κ3) is 6.99. The molecule has 3 N–H and O–H groups in total. The van der Waals surface area contributed by atoms with E-state index in [1.165, 1.54) is 0 Å². The molecule has 0 fully saturated rings. The molecular weight excluding hydrogens is 256 g/mol. The van der Waals surface area contributed by atoms with Gasteiger partial charge in [0.2, 0.25) is 0 Å². The Morgan fingerprint density at radius 2 is 2.05 bits per heavy atom. The predicted octanol–water partition coefficient (Wildman–Crippen LogP) is 2.05. The average Bonchev–Trinajstić information content (AvgIpc) is 2.43. The molecule has 0 saturated carbocycles. The van der Waals surface area contributed by atoms with Crippen LogP contribution in [-0.2, 0) is 11.2 Å². The number of aryl methyl sites for hydroxylation is 1. The SMILES string of the molecule is COCCCNC(=O)NC(C)CCc1ccc(O)cc1. The van der Waals surface area contributed by atoms with E-state index in [9.17, 15) is 9.90 Å². The lowest BCUT2D eigenvalue weighted by Crippen LogP contribution is -2.41. The van der Waals surface area contributed by atoms with Crippen LogP contribution in [0.1, 0.15) is 25.3 Å². The number of hydrogen-bond acceptors (Lipinski definition) is 3. The highest BCUT2D eigenvalue weighted by atomic mass is 16.5. The maximum atomic E-state index is 11.6. The van der Waals surface area contributed by atoms with Gasteiger partial charge in [0.1, 0.15) is 5.75 Å². The molecule has 0 saturated heterocycles. The molecule has 1 aromatic rings. The molecule has 1 unspecified atom stereocenters. The quantitative estimate of drug-likeness (QED) is 0.638. The van der Waals surface area contributed by atoms with Gasteiger partial charge < -0.3 is 20.5 Å². The van der Waals surface area contributed by atoms with Crippen LogP contribution in [0, 0.1) is 0 Å². The van der Waals surface area contributed by atoms with Crippen LogP contribution in [0.2, 0.25) is 0 Å². The number of ether oxygens (including phenoxy) is 1. The minimum Gasteiger partial charge on any atom is -0.508 e. The first-order chi connectivity index (χ1) is 9.61. The van der Waals surface area contributed by atoms with Gasteiger partial charge >= 0.3 is 6.03 Å². The van der Waals surface area contributed by atoms with Crippen LogP contribution >= 0.6 is 0 Å². The van der Waals surface area contributed by atoms with Crippen LogP contribution < -0.4 is 10.6 Å². The Bertz CT molecular complexity index is 393. The molecular formula is C15H24N2O3. The third-order valence-corrected chi connectivity index (χ3v) is 2.99. The molecule has 5 heteroatoms. The molecule has 0 aliphatic rings. The van der Waals surface area contributed by atoms with E-state index >= 15 is 0 Å². The van der Waals surface area contributed by atoms with E-state index in [2.05, 4.69) is 10.6 Å². The number of rotatable bonds is 8. The Hall–Kier alpha value is -1.75. The largest absolute Gasteiger partial charge is 0.508 e. The van der Waals surface area contributed by atoms with Crippen molar-refractivity contribution in [1.29, 1.82) is 0 Å². The number of carbonyl (C=O) groups excluding carboxylic acids is 1. The van der Waals surface area contributed by atoms with Crippen LogP contribution in [0.4, 0.5) is 4.79 Å². The standard InChI is InChI=1S/C15H24N2O3/c1-12(17-15(19)16-10-3-11-20-2)4-5-13-6-8-14(18)9-7-13/h6-9,12,18H,3-5,10-11H2,1-2H3,(H2,16,17,19). The number of benzene rings is 1. The van der Waals surface area contributed by atoms with Gasteiger partial charge in [-0.3, -0.25) is 0 Å². The van der Waals surface area contributed by atoms with Crippen molar-refractivity contribution in [3.8, 4) is 5.75 Å². The van der Waals surface area contributed by atoms with Crippen LogP contribution in [-0.4, -0.2) is 37.4 Å². The zero-order valence-corrected chi connectivity index (χ0v) is 12.2. The number of phenols is 1. The summed E-state index contributed by atoms with van der Waals surface area (Å²) in [6, 6.07) is 7.11. The maximum absolute atomic E-state index is 11.6. The van der Waals surface area contributed by atoms with Gasteiger partial charge in [0, 0.05) is 26.3 Å². The number of phenolic OH excluding ortho intramolecular Hbond substituents is 1. The highest BCUT2D eigenvalue weighted by molar-refractivity contribution is 5.74. The summed E-state index contributed by atoms with van der Waals surface area (Å²) < 4.78 is 4.91. The lowest BCUT2D eigenvalue weighted by Gasteiger charge is -2.14. The number of methoxy groups -OCH3 is 1. The van der Waals surface area contributed by atoms with Crippen molar-refractivity contribution < 1.29 is 14.6 Å². The molecule has 112 valence electrons. The normalized spacial score (nSPS) is 11.9. The molecule has 0 aliphatic carbocycles. The first-order valence-corrected chi connectivity index (χ1v) is 6.93. The zero-order valence-electron chi connectivity index (χ0n) is 12.2. The Labute approximate surface area is 120 Å². The van der Waals surface area contributed by atoms with Gasteiger partial charge in [-0.25, -0.2) is 4.79 Å². The molecule has 5 nitrogen and oxygen atoms in total. The second-order valence-corrected chi connectivity index (χ2v) is 4.85. The molecule has 0 radical (unpaired) electrons. The Morgan fingerprint density at radius 3 is 2.70 bits per heavy atom. The smallest absolute Gasteiger partial charge is 0.314 e. The summed E-state index contributed by atoms with van der Waals surface area (Å²) >= 11 is 0. The molecule has 0 heterocycles. The van der Waals surface area contributed by atoms with E-state index in [-0.39, 0.29) is 17.8 Å². The predicted molar refractivity (Wildman–Crippen MR) is 78.9 cm³/mol. The molecule has 20 heavy (non-hydrogen) atoms. The monoisotopic (exact) mass is 280 g/mol. The number of aromatic hydroxyl groups is 1. The van der Waals surface area contributed by atoms with Gasteiger partial charge in [-0.2, -0.15) is 0 Å². The molecule has 0 spiro atoms. The van der Waals surface area contributed by atoms with Crippen molar-refractivity contribution in [2.24, 2.45) is 0 Å². The van der Waals surface area contributed by atoms with Crippen molar-refractivity contribution >= 4 is 6.03 Å².